The molecule has 0 saturated heterocycles. The Kier molecular flexibility index (Phi) is 5.02. The first-order valence-corrected chi connectivity index (χ1v) is 8.14. The van der Waals surface area contributed by atoms with Crippen LogP contribution in [-0.2, 0) is 6.54 Å². The van der Waals surface area contributed by atoms with Gasteiger partial charge < -0.3 is 5.32 Å². The fourth-order valence-corrected chi connectivity index (χ4v) is 2.84. The van der Waals surface area contributed by atoms with Crippen molar-refractivity contribution in [3.8, 4) is 0 Å². The van der Waals surface area contributed by atoms with Gasteiger partial charge in [-0.25, -0.2) is 4.39 Å². The molecule has 4 nitrogen and oxygen atoms in total. The highest BCUT2D eigenvalue weighted by molar-refractivity contribution is 6.55. The third-order valence-electron chi connectivity index (χ3n) is 3.53. The minimum atomic E-state index is -0.259. The van der Waals surface area contributed by atoms with Gasteiger partial charge in [0.15, 0.2) is 5.82 Å². The standard InChI is InChI=1S/C17H15Cl2FN4/c1-11(9-15(18)19)22-17-16-14(7-4-8-21-16)24(23-17)10-12-5-2-3-6-13(12)20/h2-9,11H,10H2,1H3,(H,22,23). The van der Waals surface area contributed by atoms with Gasteiger partial charge >= 0.3 is 0 Å². The lowest BCUT2D eigenvalue weighted by molar-refractivity contribution is 0.590. The Labute approximate surface area is 148 Å². The van der Waals surface area contributed by atoms with Crippen molar-refractivity contribution in [3.05, 3.63) is 64.5 Å². The molecule has 3 rings (SSSR count). The van der Waals surface area contributed by atoms with Gasteiger partial charge in [-0.05, 0) is 31.2 Å². The zero-order chi connectivity index (χ0) is 17.1. The van der Waals surface area contributed by atoms with Gasteiger partial charge in [0.1, 0.15) is 15.8 Å². The number of pyridine rings is 1. The van der Waals surface area contributed by atoms with Crippen molar-refractivity contribution < 1.29 is 4.39 Å². The van der Waals surface area contributed by atoms with Crippen molar-refractivity contribution in [3.63, 3.8) is 0 Å². The van der Waals surface area contributed by atoms with Crippen LogP contribution in [0.3, 0.4) is 0 Å². The van der Waals surface area contributed by atoms with Crippen molar-refractivity contribution in [2.75, 3.05) is 5.32 Å². The molecule has 0 aliphatic rings. The first kappa shape index (κ1) is 16.7. The van der Waals surface area contributed by atoms with E-state index in [4.69, 9.17) is 23.2 Å². The summed E-state index contributed by atoms with van der Waals surface area (Å²) in [5, 5.41) is 7.74. The Bertz CT molecular complexity index is 887. The topological polar surface area (TPSA) is 42.7 Å². The molecule has 0 aliphatic heterocycles. The zero-order valence-electron chi connectivity index (χ0n) is 12.9. The summed E-state index contributed by atoms with van der Waals surface area (Å²) in [5.41, 5.74) is 2.09. The fraction of sp³-hybridized carbons (Fsp3) is 0.176. The van der Waals surface area contributed by atoms with E-state index in [9.17, 15) is 4.39 Å². The molecule has 0 amide bonds. The second-order valence-electron chi connectivity index (χ2n) is 5.36. The van der Waals surface area contributed by atoms with Crippen molar-refractivity contribution in [2.24, 2.45) is 0 Å². The van der Waals surface area contributed by atoms with Crippen LogP contribution in [0.2, 0.25) is 0 Å². The zero-order valence-corrected chi connectivity index (χ0v) is 14.4. The second kappa shape index (κ2) is 7.20. The van der Waals surface area contributed by atoms with Gasteiger partial charge in [0.05, 0.1) is 12.1 Å². The van der Waals surface area contributed by atoms with E-state index in [-0.39, 0.29) is 16.4 Å². The van der Waals surface area contributed by atoms with Crippen LogP contribution in [0.25, 0.3) is 11.0 Å². The van der Waals surface area contributed by atoms with E-state index in [0.717, 1.165) is 5.52 Å². The number of nitrogens with one attached hydrogen (secondary N) is 1. The van der Waals surface area contributed by atoms with Gasteiger partial charge in [-0.2, -0.15) is 5.10 Å². The predicted octanol–water partition coefficient (Wildman–Crippen LogP) is 4.74. The van der Waals surface area contributed by atoms with Gasteiger partial charge in [0.2, 0.25) is 0 Å². The van der Waals surface area contributed by atoms with E-state index in [1.807, 2.05) is 19.1 Å². The molecule has 0 aliphatic carbocycles. The van der Waals surface area contributed by atoms with Gasteiger partial charge in [0.25, 0.3) is 0 Å². The number of hydrogen-bond acceptors (Lipinski definition) is 3. The maximum atomic E-state index is 13.9. The van der Waals surface area contributed by atoms with Gasteiger partial charge in [-0.1, -0.05) is 41.4 Å². The van der Waals surface area contributed by atoms with Crippen LogP contribution in [0.1, 0.15) is 12.5 Å². The molecule has 2 aromatic heterocycles. The molecule has 3 aromatic rings. The van der Waals surface area contributed by atoms with E-state index in [2.05, 4.69) is 15.4 Å². The number of hydrogen-bond donors (Lipinski definition) is 1. The quantitative estimate of drug-likeness (QED) is 0.710. The van der Waals surface area contributed by atoms with Crippen molar-refractivity contribution in [1.29, 1.82) is 0 Å². The van der Waals surface area contributed by atoms with Crippen LogP contribution >= 0.6 is 23.2 Å². The summed E-state index contributed by atoms with van der Waals surface area (Å²) in [6.45, 7) is 2.21. The molecule has 0 bridgehead atoms. The highest BCUT2D eigenvalue weighted by atomic mass is 35.5. The summed E-state index contributed by atoms with van der Waals surface area (Å²) < 4.78 is 15.8. The Hall–Kier alpha value is -2.11. The third-order valence-corrected chi connectivity index (χ3v) is 3.78. The number of aromatic nitrogens is 3. The molecule has 7 heteroatoms. The molecule has 124 valence electrons. The van der Waals surface area contributed by atoms with Crippen LogP contribution < -0.4 is 5.32 Å². The number of fused-ring (bicyclic) bond motifs is 1. The van der Waals surface area contributed by atoms with E-state index in [1.54, 1.807) is 35.2 Å². The predicted molar refractivity (Wildman–Crippen MR) is 95.9 cm³/mol. The summed E-state index contributed by atoms with van der Waals surface area (Å²) in [6, 6.07) is 10.2. The molecule has 0 saturated carbocycles. The Balaban J connectivity index is 1.97. The Morgan fingerprint density at radius 3 is 2.83 bits per heavy atom. The maximum Gasteiger partial charge on any atom is 0.175 e. The van der Waals surface area contributed by atoms with Crippen LogP contribution in [0.5, 0.6) is 0 Å². The number of benzene rings is 1. The molecule has 1 unspecified atom stereocenters. The molecule has 0 spiro atoms. The summed E-state index contributed by atoms with van der Waals surface area (Å²) in [6.07, 6.45) is 3.35. The van der Waals surface area contributed by atoms with Crippen molar-refractivity contribution >= 4 is 40.1 Å². The first-order valence-electron chi connectivity index (χ1n) is 7.39. The molecule has 0 fully saturated rings. The smallest absolute Gasteiger partial charge is 0.175 e. The average Bonchev–Trinajstić information content (AvgIpc) is 2.87. The average molecular weight is 365 g/mol. The lowest BCUT2D eigenvalue weighted by Crippen LogP contribution is -2.13. The highest BCUT2D eigenvalue weighted by Gasteiger charge is 2.14. The molecule has 0 radical (unpaired) electrons. The van der Waals surface area contributed by atoms with E-state index < -0.39 is 0 Å². The summed E-state index contributed by atoms with van der Waals surface area (Å²) >= 11 is 11.4. The molecular formula is C17H15Cl2FN4. The number of halogens is 3. The van der Waals surface area contributed by atoms with Gasteiger partial charge in [-0.15, -0.1) is 0 Å². The number of anilines is 1. The number of nitrogens with zero attached hydrogens (tertiary/aromatic N) is 3. The summed E-state index contributed by atoms with van der Waals surface area (Å²) in [4.78, 5) is 4.37. The number of rotatable bonds is 5. The van der Waals surface area contributed by atoms with Crippen molar-refractivity contribution in [1.82, 2.24) is 14.8 Å². The molecule has 1 aromatic carbocycles. The monoisotopic (exact) mass is 364 g/mol. The molecular weight excluding hydrogens is 350 g/mol. The maximum absolute atomic E-state index is 13.9. The summed E-state index contributed by atoms with van der Waals surface area (Å²) in [5.74, 6) is 0.338. The lowest BCUT2D eigenvalue weighted by Gasteiger charge is -2.08. The van der Waals surface area contributed by atoms with Gasteiger partial charge in [-0.3, -0.25) is 9.67 Å². The molecule has 2 heterocycles. The highest BCUT2D eigenvalue weighted by Crippen LogP contribution is 2.23. The second-order valence-corrected chi connectivity index (χ2v) is 6.37. The van der Waals surface area contributed by atoms with Crippen molar-refractivity contribution in [2.45, 2.75) is 19.5 Å². The third kappa shape index (κ3) is 3.68. The molecule has 1 N–H and O–H groups in total. The first-order chi connectivity index (χ1) is 11.5. The Morgan fingerprint density at radius 2 is 2.08 bits per heavy atom. The molecule has 1 atom stereocenters. The Morgan fingerprint density at radius 1 is 1.29 bits per heavy atom. The van der Waals surface area contributed by atoms with E-state index >= 15 is 0 Å². The van der Waals surface area contributed by atoms with Crippen LogP contribution in [0, 0.1) is 5.82 Å². The van der Waals surface area contributed by atoms with Crippen LogP contribution in [0.4, 0.5) is 10.2 Å². The fourth-order valence-electron chi connectivity index (χ4n) is 2.46. The minimum absolute atomic E-state index is 0.128. The SMILES string of the molecule is CC(C=C(Cl)Cl)Nc1nn(Cc2ccccc2F)c2cccnc12. The normalized spacial score (nSPS) is 12.2. The lowest BCUT2D eigenvalue weighted by atomic mass is 10.2. The molecule has 24 heavy (non-hydrogen) atoms. The summed E-state index contributed by atoms with van der Waals surface area (Å²) in [7, 11) is 0. The van der Waals surface area contributed by atoms with E-state index in [0.29, 0.717) is 23.4 Å². The minimum Gasteiger partial charge on any atom is -0.361 e. The van der Waals surface area contributed by atoms with E-state index in [1.165, 1.54) is 6.07 Å². The van der Waals surface area contributed by atoms with Crippen LogP contribution in [0.15, 0.2) is 53.2 Å². The largest absolute Gasteiger partial charge is 0.361 e. The van der Waals surface area contributed by atoms with Gasteiger partial charge in [0, 0.05) is 17.8 Å². The van der Waals surface area contributed by atoms with Crippen LogP contribution in [-0.4, -0.2) is 20.8 Å².